The lowest BCUT2D eigenvalue weighted by atomic mass is 9.83. The first-order valence-electron chi connectivity index (χ1n) is 10.2. The number of carbonyl (C=O) groups excluding carboxylic acids is 1. The van der Waals surface area contributed by atoms with Gasteiger partial charge in [0.2, 0.25) is 5.91 Å². The fourth-order valence-corrected chi connectivity index (χ4v) is 3.82. The highest BCUT2D eigenvalue weighted by Gasteiger charge is 2.30. The van der Waals surface area contributed by atoms with E-state index < -0.39 is 23.6 Å². The molecule has 0 fully saturated rings. The zero-order valence-electron chi connectivity index (χ0n) is 17.7. The number of hydrogen-bond donors (Lipinski definition) is 2. The molecule has 0 aliphatic heterocycles. The molecule has 31 heavy (non-hydrogen) atoms. The summed E-state index contributed by atoms with van der Waals surface area (Å²) in [5.74, 6) is -1.05. The molecule has 1 amide bonds. The van der Waals surface area contributed by atoms with Crippen LogP contribution in [0.15, 0.2) is 51.7 Å². The lowest BCUT2D eigenvalue weighted by molar-refractivity contribution is -0.122. The summed E-state index contributed by atoms with van der Waals surface area (Å²) in [6.45, 7) is 2.12. The van der Waals surface area contributed by atoms with Gasteiger partial charge in [-0.05, 0) is 49.2 Å². The molecule has 0 saturated carbocycles. The number of benzene rings is 2. The highest BCUT2D eigenvalue weighted by Crippen LogP contribution is 2.34. The minimum atomic E-state index is -0.593. The molecule has 0 aliphatic carbocycles. The van der Waals surface area contributed by atoms with Crippen molar-refractivity contribution in [2.45, 2.75) is 32.1 Å². The molecule has 0 saturated heterocycles. The predicted octanol–water partition coefficient (Wildman–Crippen LogP) is 3.48. The Labute approximate surface area is 180 Å². The molecule has 3 rings (SSSR count). The Morgan fingerprint density at radius 3 is 2.68 bits per heavy atom. The summed E-state index contributed by atoms with van der Waals surface area (Å²) in [6, 6.07) is 11.2. The van der Waals surface area contributed by atoms with Crippen LogP contribution >= 0.6 is 0 Å². The molecule has 7 heteroatoms. The number of fused-ring (bicyclic) bond motifs is 1. The van der Waals surface area contributed by atoms with Crippen LogP contribution in [-0.2, 0) is 11.2 Å². The third kappa shape index (κ3) is 4.94. The quantitative estimate of drug-likeness (QED) is 0.545. The SMILES string of the molecule is COc1cccc(Cc2c(C(CCCN)C(C)C(N)=O)oc3cc(F)ccc3c2=O)c1. The molecule has 6 nitrogen and oxygen atoms in total. The molecule has 0 radical (unpaired) electrons. The van der Waals surface area contributed by atoms with E-state index in [9.17, 15) is 14.0 Å². The molecule has 164 valence electrons. The molecule has 2 atom stereocenters. The van der Waals surface area contributed by atoms with E-state index in [1.807, 2.05) is 24.3 Å². The van der Waals surface area contributed by atoms with Crippen LogP contribution in [0.25, 0.3) is 11.0 Å². The molecule has 1 aromatic heterocycles. The second-order valence-corrected chi connectivity index (χ2v) is 7.67. The van der Waals surface area contributed by atoms with Gasteiger partial charge in [-0.2, -0.15) is 0 Å². The monoisotopic (exact) mass is 426 g/mol. The maximum Gasteiger partial charge on any atom is 0.220 e. The van der Waals surface area contributed by atoms with Gasteiger partial charge >= 0.3 is 0 Å². The molecule has 0 spiro atoms. The average Bonchev–Trinajstić information content (AvgIpc) is 2.76. The first-order valence-corrected chi connectivity index (χ1v) is 10.2. The number of rotatable bonds is 9. The summed E-state index contributed by atoms with van der Waals surface area (Å²) in [7, 11) is 1.57. The lowest BCUT2D eigenvalue weighted by Gasteiger charge is -2.23. The highest BCUT2D eigenvalue weighted by molar-refractivity contribution is 5.79. The van der Waals surface area contributed by atoms with E-state index in [4.69, 9.17) is 20.6 Å². The minimum Gasteiger partial charge on any atom is -0.497 e. The zero-order chi connectivity index (χ0) is 22.5. The van der Waals surface area contributed by atoms with E-state index in [0.29, 0.717) is 36.5 Å². The van der Waals surface area contributed by atoms with Crippen LogP contribution in [0.2, 0.25) is 0 Å². The van der Waals surface area contributed by atoms with Gasteiger partial charge in [0, 0.05) is 29.9 Å². The number of methoxy groups -OCH3 is 1. The molecule has 2 unspecified atom stereocenters. The van der Waals surface area contributed by atoms with Crippen molar-refractivity contribution in [3.63, 3.8) is 0 Å². The van der Waals surface area contributed by atoms with Crippen LogP contribution in [-0.4, -0.2) is 19.6 Å². The number of amides is 1. The highest BCUT2D eigenvalue weighted by atomic mass is 19.1. The predicted molar refractivity (Wildman–Crippen MR) is 118 cm³/mol. The van der Waals surface area contributed by atoms with Crippen LogP contribution in [0.1, 0.15) is 42.6 Å². The first kappa shape index (κ1) is 22.5. The topological polar surface area (TPSA) is 109 Å². The van der Waals surface area contributed by atoms with E-state index in [0.717, 1.165) is 5.56 Å². The standard InChI is InChI=1S/C24H27FN2O4/c1-14(24(27)29)18(7-4-10-26)23-20(12-15-5-3-6-17(11-15)30-2)22(28)19-9-8-16(25)13-21(19)31-23/h3,5-6,8-9,11,13-14,18H,4,7,10,12,26H2,1-2H3,(H2,27,29). The van der Waals surface area contributed by atoms with Gasteiger partial charge in [0.15, 0.2) is 5.43 Å². The van der Waals surface area contributed by atoms with Crippen molar-refractivity contribution in [1.29, 1.82) is 0 Å². The van der Waals surface area contributed by atoms with Gasteiger partial charge in [-0.15, -0.1) is 0 Å². The van der Waals surface area contributed by atoms with Gasteiger partial charge in [-0.25, -0.2) is 4.39 Å². The Bertz CT molecular complexity index is 1140. The fourth-order valence-electron chi connectivity index (χ4n) is 3.82. The maximum atomic E-state index is 13.9. The normalized spacial score (nSPS) is 13.2. The van der Waals surface area contributed by atoms with Gasteiger partial charge in [0.1, 0.15) is 22.9 Å². The van der Waals surface area contributed by atoms with Crippen molar-refractivity contribution in [2.24, 2.45) is 17.4 Å². The van der Waals surface area contributed by atoms with Gasteiger partial charge in [0.05, 0.1) is 12.5 Å². The number of primary amides is 1. The van der Waals surface area contributed by atoms with Gasteiger partial charge in [-0.1, -0.05) is 19.1 Å². The molecule has 2 aromatic carbocycles. The van der Waals surface area contributed by atoms with Crippen molar-refractivity contribution in [3.8, 4) is 5.75 Å². The van der Waals surface area contributed by atoms with Gasteiger partial charge in [-0.3, -0.25) is 9.59 Å². The van der Waals surface area contributed by atoms with E-state index in [1.165, 1.54) is 18.2 Å². The molecule has 0 aliphatic rings. The molecule has 1 heterocycles. The third-order valence-corrected chi connectivity index (χ3v) is 5.60. The number of carbonyl (C=O) groups is 1. The van der Waals surface area contributed by atoms with Crippen molar-refractivity contribution >= 4 is 16.9 Å². The first-order chi connectivity index (χ1) is 14.8. The summed E-state index contributed by atoms with van der Waals surface area (Å²) in [5, 5.41) is 0.285. The Kier molecular flexibility index (Phi) is 7.07. The number of hydrogen-bond acceptors (Lipinski definition) is 5. The van der Waals surface area contributed by atoms with Crippen molar-refractivity contribution in [2.75, 3.05) is 13.7 Å². The van der Waals surface area contributed by atoms with Crippen LogP contribution in [0.4, 0.5) is 4.39 Å². The molecular formula is C24H27FN2O4. The Morgan fingerprint density at radius 1 is 1.23 bits per heavy atom. The third-order valence-electron chi connectivity index (χ3n) is 5.60. The Morgan fingerprint density at radius 2 is 2.00 bits per heavy atom. The molecular weight excluding hydrogens is 399 g/mol. The second-order valence-electron chi connectivity index (χ2n) is 7.67. The minimum absolute atomic E-state index is 0.142. The summed E-state index contributed by atoms with van der Waals surface area (Å²) in [6.07, 6.45) is 1.40. The van der Waals surface area contributed by atoms with Crippen LogP contribution in [0.3, 0.4) is 0 Å². The van der Waals surface area contributed by atoms with Crippen LogP contribution < -0.4 is 21.6 Å². The molecule has 3 aromatic rings. The maximum absolute atomic E-state index is 13.9. The zero-order valence-corrected chi connectivity index (χ0v) is 17.7. The number of ether oxygens (including phenoxy) is 1. The van der Waals surface area contributed by atoms with Crippen molar-refractivity contribution in [1.82, 2.24) is 0 Å². The van der Waals surface area contributed by atoms with Crippen molar-refractivity contribution < 1.29 is 18.3 Å². The molecule has 4 N–H and O–H groups in total. The lowest BCUT2D eigenvalue weighted by Crippen LogP contribution is -2.29. The van der Waals surface area contributed by atoms with E-state index in [2.05, 4.69) is 0 Å². The number of nitrogens with two attached hydrogens (primary N) is 2. The number of halogens is 1. The van der Waals surface area contributed by atoms with Gasteiger partial charge in [0.25, 0.3) is 0 Å². The average molecular weight is 426 g/mol. The Balaban J connectivity index is 2.23. The van der Waals surface area contributed by atoms with Crippen molar-refractivity contribution in [3.05, 3.63) is 75.4 Å². The van der Waals surface area contributed by atoms with E-state index in [1.54, 1.807) is 14.0 Å². The summed E-state index contributed by atoms with van der Waals surface area (Å²) in [5.41, 5.74) is 12.4. The van der Waals surface area contributed by atoms with E-state index in [-0.39, 0.29) is 22.8 Å². The summed E-state index contributed by atoms with van der Waals surface area (Å²) in [4.78, 5) is 25.5. The second kappa shape index (κ2) is 9.75. The van der Waals surface area contributed by atoms with Gasteiger partial charge < -0.3 is 20.6 Å². The largest absolute Gasteiger partial charge is 0.497 e. The summed E-state index contributed by atoms with van der Waals surface area (Å²) < 4.78 is 25.2. The smallest absolute Gasteiger partial charge is 0.220 e. The van der Waals surface area contributed by atoms with Crippen LogP contribution in [0.5, 0.6) is 5.75 Å². The van der Waals surface area contributed by atoms with Crippen LogP contribution in [0, 0.1) is 11.7 Å². The van der Waals surface area contributed by atoms with E-state index >= 15 is 0 Å². The summed E-state index contributed by atoms with van der Waals surface area (Å²) >= 11 is 0. The molecule has 0 bridgehead atoms. The fraction of sp³-hybridized carbons (Fsp3) is 0.333. The Hall–Kier alpha value is -3.19.